The molecule has 1 aromatic rings. The molecule has 0 fully saturated rings. The molecule has 104 valence electrons. The Morgan fingerprint density at radius 1 is 1.53 bits per heavy atom. The van der Waals surface area contributed by atoms with Gasteiger partial charge in [0.1, 0.15) is 6.04 Å². The van der Waals surface area contributed by atoms with Gasteiger partial charge in [0.15, 0.2) is 0 Å². The number of ether oxygens (including phenoxy) is 1. The predicted molar refractivity (Wildman–Crippen MR) is 82.2 cm³/mol. The van der Waals surface area contributed by atoms with Gasteiger partial charge in [-0.2, -0.15) is 0 Å². The van der Waals surface area contributed by atoms with E-state index >= 15 is 0 Å². The number of carboxylic acid groups (broad SMARTS) is 1. The number of halogens is 2. The lowest BCUT2D eigenvalue weighted by molar-refractivity contribution is -0.139. The number of amides is 1. The molecule has 1 atom stereocenters. The minimum Gasteiger partial charge on any atom is -0.480 e. The van der Waals surface area contributed by atoms with Crippen LogP contribution in [0.25, 0.3) is 0 Å². The maximum Gasteiger partial charge on any atom is 0.326 e. The Kier molecular flexibility index (Phi) is 6.73. The Labute approximate surface area is 133 Å². The summed E-state index contributed by atoms with van der Waals surface area (Å²) >= 11 is 5.31. The van der Waals surface area contributed by atoms with E-state index in [2.05, 4.69) is 21.2 Å². The van der Waals surface area contributed by atoms with E-state index in [1.54, 1.807) is 12.1 Å². The lowest BCUT2D eigenvalue weighted by Gasteiger charge is -2.14. The van der Waals surface area contributed by atoms with E-state index in [4.69, 9.17) is 9.84 Å². The van der Waals surface area contributed by atoms with E-state index < -0.39 is 17.9 Å². The van der Waals surface area contributed by atoms with Crippen LogP contribution in [0.4, 0.5) is 0 Å². The number of benzene rings is 1. The number of rotatable bonds is 6. The highest BCUT2D eigenvalue weighted by Crippen LogP contribution is 2.18. The van der Waals surface area contributed by atoms with Crippen LogP contribution in [0.3, 0.4) is 0 Å². The minimum absolute atomic E-state index is 0.224. The van der Waals surface area contributed by atoms with E-state index in [1.165, 1.54) is 7.11 Å². The lowest BCUT2D eigenvalue weighted by Crippen LogP contribution is -2.41. The van der Waals surface area contributed by atoms with E-state index in [9.17, 15) is 9.59 Å². The van der Waals surface area contributed by atoms with Crippen LogP contribution in [-0.2, 0) is 9.53 Å². The molecule has 0 aliphatic heterocycles. The summed E-state index contributed by atoms with van der Waals surface area (Å²) in [6.07, 6.45) is 0.224. The maximum atomic E-state index is 12.1. The molecule has 7 heteroatoms. The van der Waals surface area contributed by atoms with Crippen molar-refractivity contribution in [1.82, 2.24) is 5.32 Å². The summed E-state index contributed by atoms with van der Waals surface area (Å²) in [6.45, 7) is 0.271. The Morgan fingerprint density at radius 2 is 2.21 bits per heavy atom. The number of methoxy groups -OCH3 is 1. The van der Waals surface area contributed by atoms with Gasteiger partial charge in [0.05, 0.1) is 5.56 Å². The number of nitrogens with one attached hydrogen (secondary N) is 1. The van der Waals surface area contributed by atoms with Crippen LogP contribution in [0.15, 0.2) is 22.7 Å². The molecule has 0 saturated heterocycles. The van der Waals surface area contributed by atoms with E-state index in [0.29, 0.717) is 5.56 Å². The van der Waals surface area contributed by atoms with E-state index in [1.807, 2.05) is 28.7 Å². The zero-order valence-electron chi connectivity index (χ0n) is 10.2. The van der Waals surface area contributed by atoms with Crippen molar-refractivity contribution in [2.45, 2.75) is 12.5 Å². The first-order valence-corrected chi connectivity index (χ1v) is 7.30. The molecule has 2 N–H and O–H groups in total. The summed E-state index contributed by atoms with van der Waals surface area (Å²) in [4.78, 5) is 23.1. The van der Waals surface area contributed by atoms with Crippen molar-refractivity contribution >= 4 is 50.4 Å². The fourth-order valence-electron chi connectivity index (χ4n) is 1.40. The molecule has 1 rings (SSSR count). The number of carbonyl (C=O) groups excluding carboxylic acids is 1. The van der Waals surface area contributed by atoms with E-state index in [0.717, 1.165) is 8.04 Å². The molecule has 0 aliphatic carbocycles. The van der Waals surface area contributed by atoms with Gasteiger partial charge in [0, 0.05) is 28.2 Å². The zero-order chi connectivity index (χ0) is 14.4. The van der Waals surface area contributed by atoms with Gasteiger partial charge in [-0.1, -0.05) is 15.9 Å². The van der Waals surface area contributed by atoms with Gasteiger partial charge in [-0.3, -0.25) is 4.79 Å². The monoisotopic (exact) mass is 441 g/mol. The fourth-order valence-corrected chi connectivity index (χ4v) is 2.34. The Balaban J connectivity index is 2.81. The molecule has 0 spiro atoms. The number of carboxylic acids is 1. The van der Waals surface area contributed by atoms with Gasteiger partial charge >= 0.3 is 5.97 Å². The highest BCUT2D eigenvalue weighted by atomic mass is 127. The minimum atomic E-state index is -1.07. The molecule has 1 aromatic carbocycles. The highest BCUT2D eigenvalue weighted by Gasteiger charge is 2.21. The van der Waals surface area contributed by atoms with E-state index in [-0.39, 0.29) is 13.0 Å². The second-order valence-electron chi connectivity index (χ2n) is 3.77. The zero-order valence-corrected chi connectivity index (χ0v) is 13.9. The molecule has 0 radical (unpaired) electrons. The van der Waals surface area contributed by atoms with Crippen LogP contribution in [0.5, 0.6) is 0 Å². The second-order valence-corrected chi connectivity index (χ2v) is 5.85. The number of aliphatic carboxylic acids is 1. The van der Waals surface area contributed by atoms with Crippen molar-refractivity contribution in [2.24, 2.45) is 0 Å². The lowest BCUT2D eigenvalue weighted by atomic mass is 10.1. The van der Waals surface area contributed by atoms with Gasteiger partial charge in [-0.25, -0.2) is 4.79 Å². The van der Waals surface area contributed by atoms with Crippen molar-refractivity contribution in [3.63, 3.8) is 0 Å². The third-order valence-electron chi connectivity index (χ3n) is 2.39. The van der Waals surface area contributed by atoms with Crippen molar-refractivity contribution in [3.8, 4) is 0 Å². The van der Waals surface area contributed by atoms with Crippen molar-refractivity contribution in [1.29, 1.82) is 0 Å². The van der Waals surface area contributed by atoms with Gasteiger partial charge in [-0.15, -0.1) is 0 Å². The van der Waals surface area contributed by atoms with Crippen LogP contribution < -0.4 is 5.32 Å². The first-order valence-electron chi connectivity index (χ1n) is 5.43. The number of carbonyl (C=O) groups is 2. The first kappa shape index (κ1) is 16.4. The van der Waals surface area contributed by atoms with Gasteiger partial charge in [0.25, 0.3) is 5.91 Å². The number of hydrogen-bond acceptors (Lipinski definition) is 3. The molecule has 5 nitrogen and oxygen atoms in total. The van der Waals surface area contributed by atoms with Crippen molar-refractivity contribution < 1.29 is 19.4 Å². The molecule has 0 saturated carbocycles. The highest BCUT2D eigenvalue weighted by molar-refractivity contribution is 14.1. The predicted octanol–water partition coefficient (Wildman–Crippen LogP) is 2.27. The van der Waals surface area contributed by atoms with Crippen LogP contribution in [-0.4, -0.2) is 36.7 Å². The Bertz CT molecular complexity index is 481. The summed E-state index contributed by atoms with van der Waals surface area (Å²) < 4.78 is 6.35. The maximum absolute atomic E-state index is 12.1. The molecular weight excluding hydrogens is 429 g/mol. The summed E-state index contributed by atoms with van der Waals surface area (Å²) in [7, 11) is 1.48. The molecule has 0 aliphatic rings. The molecule has 0 heterocycles. The fraction of sp³-hybridized carbons (Fsp3) is 0.333. The van der Waals surface area contributed by atoms with Gasteiger partial charge in [0.2, 0.25) is 0 Å². The normalized spacial score (nSPS) is 11.9. The first-order chi connectivity index (χ1) is 8.95. The third kappa shape index (κ3) is 5.07. The van der Waals surface area contributed by atoms with Crippen LogP contribution in [0.2, 0.25) is 0 Å². The molecule has 0 aromatic heterocycles. The molecule has 1 unspecified atom stereocenters. The van der Waals surface area contributed by atoms with Crippen molar-refractivity contribution in [2.75, 3.05) is 13.7 Å². The molecule has 19 heavy (non-hydrogen) atoms. The molecular formula is C12H13BrINO4. The largest absolute Gasteiger partial charge is 0.480 e. The summed E-state index contributed by atoms with van der Waals surface area (Å²) in [5.41, 5.74) is 0.443. The van der Waals surface area contributed by atoms with Gasteiger partial charge < -0.3 is 15.2 Å². The smallest absolute Gasteiger partial charge is 0.326 e. The SMILES string of the molecule is COCCC(NC(=O)c1cc(Br)ccc1I)C(=O)O. The Morgan fingerprint density at radius 3 is 2.79 bits per heavy atom. The second kappa shape index (κ2) is 7.81. The van der Waals surface area contributed by atoms with Crippen molar-refractivity contribution in [3.05, 3.63) is 31.8 Å². The topological polar surface area (TPSA) is 75.6 Å². The quantitative estimate of drug-likeness (QED) is 0.664. The Hall–Kier alpha value is -0.670. The third-order valence-corrected chi connectivity index (χ3v) is 3.82. The van der Waals surface area contributed by atoms with Gasteiger partial charge in [-0.05, 0) is 40.8 Å². The summed E-state index contributed by atoms with van der Waals surface area (Å²) in [5, 5.41) is 11.5. The average molecular weight is 442 g/mol. The van der Waals surface area contributed by atoms with Crippen LogP contribution in [0.1, 0.15) is 16.8 Å². The number of hydrogen-bond donors (Lipinski definition) is 2. The summed E-state index contributed by atoms with van der Waals surface area (Å²) in [5.74, 6) is -1.48. The molecule has 1 amide bonds. The standard InChI is InChI=1S/C12H13BrINO4/c1-19-5-4-10(12(17)18)15-11(16)8-6-7(13)2-3-9(8)14/h2-3,6,10H,4-5H2,1H3,(H,15,16)(H,17,18). The average Bonchev–Trinajstić information content (AvgIpc) is 2.36. The molecule has 0 bridgehead atoms. The summed E-state index contributed by atoms with van der Waals surface area (Å²) in [6, 6.07) is 4.30. The van der Waals surface area contributed by atoms with Crippen LogP contribution >= 0.6 is 38.5 Å². The van der Waals surface area contributed by atoms with Crippen LogP contribution in [0, 0.1) is 3.57 Å².